The molecule has 0 radical (unpaired) electrons. The molecule has 0 saturated carbocycles. The molecule has 14 heavy (non-hydrogen) atoms. The Hall–Kier alpha value is -0.130. The molecule has 5 heteroatoms. The molecule has 0 spiro atoms. The molecule has 0 aromatic carbocycles. The van der Waals surface area contributed by atoms with Crippen LogP contribution >= 0.6 is 0 Å². The van der Waals surface area contributed by atoms with Crippen LogP contribution in [0.25, 0.3) is 0 Å². The normalized spacial score (nSPS) is 21.3. The van der Waals surface area contributed by atoms with Gasteiger partial charge in [-0.3, -0.25) is 0 Å². The third kappa shape index (κ3) is 2.93. The van der Waals surface area contributed by atoms with E-state index >= 15 is 0 Å². The number of sulfonamides is 1. The van der Waals surface area contributed by atoms with Gasteiger partial charge < -0.3 is 5.73 Å². The number of piperidine rings is 1. The van der Waals surface area contributed by atoms with E-state index in [1.807, 2.05) is 0 Å². The first-order chi connectivity index (χ1) is 6.60. The van der Waals surface area contributed by atoms with Crippen LogP contribution in [-0.4, -0.2) is 38.1 Å². The number of hydrogen-bond acceptors (Lipinski definition) is 3. The zero-order valence-electron chi connectivity index (χ0n) is 8.78. The fourth-order valence-corrected chi connectivity index (χ4v) is 3.03. The number of rotatable bonds is 4. The summed E-state index contributed by atoms with van der Waals surface area (Å²) < 4.78 is 24.7. The summed E-state index contributed by atoms with van der Waals surface area (Å²) in [7, 11) is -2.96. The van der Waals surface area contributed by atoms with Gasteiger partial charge in [-0.2, -0.15) is 0 Å². The Morgan fingerprint density at radius 1 is 1.36 bits per heavy atom. The summed E-state index contributed by atoms with van der Waals surface area (Å²) in [6.07, 6.45) is 2.97. The van der Waals surface area contributed by atoms with Crippen molar-refractivity contribution >= 4 is 10.0 Å². The number of nitrogens with two attached hydrogens (primary N) is 1. The van der Waals surface area contributed by atoms with Gasteiger partial charge in [-0.15, -0.1) is 0 Å². The molecule has 0 aromatic rings. The van der Waals surface area contributed by atoms with E-state index in [-0.39, 0.29) is 5.75 Å². The zero-order valence-corrected chi connectivity index (χ0v) is 9.59. The SMILES string of the molecule is CCS(=O)(=O)N1CCC(CCN)CC1. The molecule has 1 heterocycles. The van der Waals surface area contributed by atoms with Gasteiger partial charge in [0.1, 0.15) is 0 Å². The average Bonchev–Trinajstić information content (AvgIpc) is 2.19. The van der Waals surface area contributed by atoms with Crippen molar-refractivity contribution in [3.05, 3.63) is 0 Å². The van der Waals surface area contributed by atoms with Gasteiger partial charge in [-0.05, 0) is 38.6 Å². The topological polar surface area (TPSA) is 63.4 Å². The second-order valence-electron chi connectivity index (χ2n) is 3.82. The fraction of sp³-hybridized carbons (Fsp3) is 1.00. The van der Waals surface area contributed by atoms with Gasteiger partial charge >= 0.3 is 0 Å². The first-order valence-corrected chi connectivity index (χ1v) is 6.89. The Labute approximate surface area is 86.5 Å². The monoisotopic (exact) mass is 220 g/mol. The molecule has 0 bridgehead atoms. The summed E-state index contributed by atoms with van der Waals surface area (Å²) in [5, 5.41) is 0. The lowest BCUT2D eigenvalue weighted by Crippen LogP contribution is -2.39. The Morgan fingerprint density at radius 2 is 1.93 bits per heavy atom. The molecule has 0 aromatic heterocycles. The molecule has 84 valence electrons. The molecule has 0 aliphatic carbocycles. The van der Waals surface area contributed by atoms with E-state index in [9.17, 15) is 8.42 Å². The summed E-state index contributed by atoms with van der Waals surface area (Å²) >= 11 is 0. The summed E-state index contributed by atoms with van der Waals surface area (Å²) in [6, 6.07) is 0. The van der Waals surface area contributed by atoms with Gasteiger partial charge in [0, 0.05) is 13.1 Å². The third-order valence-electron chi connectivity index (χ3n) is 2.91. The third-order valence-corrected chi connectivity index (χ3v) is 4.79. The van der Waals surface area contributed by atoms with Gasteiger partial charge in [0.25, 0.3) is 0 Å². The highest BCUT2D eigenvalue weighted by atomic mass is 32.2. The average molecular weight is 220 g/mol. The van der Waals surface area contributed by atoms with Crippen molar-refractivity contribution in [1.29, 1.82) is 0 Å². The molecule has 1 fully saturated rings. The van der Waals surface area contributed by atoms with Crippen LogP contribution in [0, 0.1) is 5.92 Å². The highest BCUT2D eigenvalue weighted by Crippen LogP contribution is 2.21. The van der Waals surface area contributed by atoms with Crippen LogP contribution in [0.1, 0.15) is 26.2 Å². The second-order valence-corrected chi connectivity index (χ2v) is 6.08. The Bertz CT molecular complexity index is 256. The van der Waals surface area contributed by atoms with Crippen molar-refractivity contribution in [2.45, 2.75) is 26.2 Å². The van der Waals surface area contributed by atoms with E-state index in [1.165, 1.54) is 0 Å². The highest BCUT2D eigenvalue weighted by Gasteiger charge is 2.25. The van der Waals surface area contributed by atoms with E-state index in [1.54, 1.807) is 11.2 Å². The molecule has 0 unspecified atom stereocenters. The van der Waals surface area contributed by atoms with Crippen molar-refractivity contribution in [2.75, 3.05) is 25.4 Å². The summed E-state index contributed by atoms with van der Waals surface area (Å²) in [5.41, 5.74) is 5.47. The summed E-state index contributed by atoms with van der Waals surface area (Å²) in [4.78, 5) is 0. The molecular weight excluding hydrogens is 200 g/mol. The van der Waals surface area contributed by atoms with Crippen LogP contribution in [0.15, 0.2) is 0 Å². The zero-order chi connectivity index (χ0) is 10.6. The molecule has 1 aliphatic rings. The number of hydrogen-bond donors (Lipinski definition) is 1. The summed E-state index contributed by atoms with van der Waals surface area (Å²) in [6.45, 7) is 3.77. The van der Waals surface area contributed by atoms with E-state index in [0.717, 1.165) is 19.3 Å². The van der Waals surface area contributed by atoms with E-state index in [2.05, 4.69) is 0 Å². The van der Waals surface area contributed by atoms with Crippen LogP contribution in [0.2, 0.25) is 0 Å². The first kappa shape index (κ1) is 11.9. The van der Waals surface area contributed by atoms with Crippen molar-refractivity contribution in [1.82, 2.24) is 4.31 Å². The lowest BCUT2D eigenvalue weighted by Gasteiger charge is -2.30. The van der Waals surface area contributed by atoms with Gasteiger partial charge in [0.15, 0.2) is 0 Å². The lowest BCUT2D eigenvalue weighted by atomic mass is 9.95. The smallest absolute Gasteiger partial charge is 0.213 e. The van der Waals surface area contributed by atoms with Gasteiger partial charge in [0.2, 0.25) is 10.0 Å². The standard InChI is InChI=1S/C9H20N2O2S/c1-2-14(12,13)11-7-4-9(3-6-10)5-8-11/h9H,2-8,10H2,1H3. The lowest BCUT2D eigenvalue weighted by molar-refractivity contribution is 0.266. The maximum Gasteiger partial charge on any atom is 0.213 e. The molecule has 0 amide bonds. The predicted molar refractivity (Wildman–Crippen MR) is 57.4 cm³/mol. The van der Waals surface area contributed by atoms with Crippen LogP contribution < -0.4 is 5.73 Å². The van der Waals surface area contributed by atoms with E-state index in [4.69, 9.17) is 5.73 Å². The quantitative estimate of drug-likeness (QED) is 0.746. The predicted octanol–water partition coefficient (Wildman–Crippen LogP) is 0.397. The molecule has 4 nitrogen and oxygen atoms in total. The van der Waals surface area contributed by atoms with Crippen molar-refractivity contribution < 1.29 is 8.42 Å². The maximum absolute atomic E-state index is 11.5. The second kappa shape index (κ2) is 5.09. The van der Waals surface area contributed by atoms with Gasteiger partial charge in [0.05, 0.1) is 5.75 Å². The van der Waals surface area contributed by atoms with Crippen LogP contribution in [-0.2, 0) is 10.0 Å². The van der Waals surface area contributed by atoms with E-state index in [0.29, 0.717) is 25.6 Å². The number of nitrogens with zero attached hydrogens (tertiary/aromatic N) is 1. The van der Waals surface area contributed by atoms with Crippen molar-refractivity contribution in [3.8, 4) is 0 Å². The van der Waals surface area contributed by atoms with Crippen LogP contribution in [0.4, 0.5) is 0 Å². The molecular formula is C9H20N2O2S. The van der Waals surface area contributed by atoms with Gasteiger partial charge in [-0.25, -0.2) is 12.7 Å². The van der Waals surface area contributed by atoms with E-state index < -0.39 is 10.0 Å². The Balaban J connectivity index is 2.43. The van der Waals surface area contributed by atoms with Crippen molar-refractivity contribution in [3.63, 3.8) is 0 Å². The fourth-order valence-electron chi connectivity index (χ4n) is 1.89. The highest BCUT2D eigenvalue weighted by molar-refractivity contribution is 7.89. The first-order valence-electron chi connectivity index (χ1n) is 5.28. The molecule has 1 aliphatic heterocycles. The van der Waals surface area contributed by atoms with Crippen molar-refractivity contribution in [2.24, 2.45) is 11.7 Å². The van der Waals surface area contributed by atoms with Crippen LogP contribution in [0.5, 0.6) is 0 Å². The minimum Gasteiger partial charge on any atom is -0.330 e. The molecule has 1 saturated heterocycles. The summed E-state index contributed by atoms with van der Waals surface area (Å²) in [5.74, 6) is 0.845. The van der Waals surface area contributed by atoms with Gasteiger partial charge in [-0.1, -0.05) is 0 Å². The Kier molecular flexibility index (Phi) is 4.34. The minimum atomic E-state index is -2.96. The maximum atomic E-state index is 11.5. The Morgan fingerprint density at radius 3 is 2.36 bits per heavy atom. The molecule has 0 atom stereocenters. The largest absolute Gasteiger partial charge is 0.330 e. The molecule has 2 N–H and O–H groups in total. The molecule has 1 rings (SSSR count). The van der Waals surface area contributed by atoms with Crippen LogP contribution in [0.3, 0.4) is 0 Å². The minimum absolute atomic E-state index is 0.217.